The minimum absolute atomic E-state index is 0.337. The molecule has 1 aromatic rings. The lowest BCUT2D eigenvalue weighted by molar-refractivity contribution is 0.102. The Morgan fingerprint density at radius 2 is 2.10 bits per heavy atom. The molecule has 1 aromatic carbocycles. The highest BCUT2D eigenvalue weighted by Gasteiger charge is 2.22. The van der Waals surface area contributed by atoms with Crippen LogP contribution in [0.4, 0.5) is 0 Å². The molecule has 2 atom stereocenters. The average molecular weight is 276 g/mol. The molecule has 1 heterocycles. The highest BCUT2D eigenvalue weighted by atomic mass is 16.3. The largest absolute Gasteiger partial charge is 0.388 e. The number of aliphatic hydroxyl groups is 1. The minimum atomic E-state index is -0.337. The van der Waals surface area contributed by atoms with Crippen molar-refractivity contribution < 1.29 is 5.11 Å². The fourth-order valence-electron chi connectivity index (χ4n) is 3.08. The predicted octanol–water partition coefficient (Wildman–Crippen LogP) is 2.44. The molecule has 0 radical (unpaired) electrons. The molecule has 2 unspecified atom stereocenters. The summed E-state index contributed by atoms with van der Waals surface area (Å²) in [5.41, 5.74) is 2.26. The zero-order valence-corrected chi connectivity index (χ0v) is 13.0. The number of piperidine rings is 1. The summed E-state index contributed by atoms with van der Waals surface area (Å²) in [6.07, 6.45) is 3.05. The van der Waals surface area contributed by atoms with E-state index in [1.807, 2.05) is 18.2 Å². The summed E-state index contributed by atoms with van der Waals surface area (Å²) in [5.74, 6) is 0. The Balaban J connectivity index is 1.84. The number of likely N-dealkylation sites (N-methyl/N-ethyl adjacent to an activating group) is 1. The van der Waals surface area contributed by atoms with Crippen molar-refractivity contribution in [1.29, 1.82) is 0 Å². The van der Waals surface area contributed by atoms with Gasteiger partial charge in [-0.15, -0.1) is 0 Å². The van der Waals surface area contributed by atoms with Crippen molar-refractivity contribution in [2.75, 3.05) is 33.7 Å². The zero-order valence-electron chi connectivity index (χ0n) is 13.0. The lowest BCUT2D eigenvalue weighted by Crippen LogP contribution is -2.45. The Kier molecular flexibility index (Phi) is 5.58. The second-order valence-electron chi connectivity index (χ2n) is 6.22. The molecule has 112 valence electrons. The maximum absolute atomic E-state index is 10.4. The third-order valence-electron chi connectivity index (χ3n) is 4.48. The minimum Gasteiger partial charge on any atom is -0.388 e. The van der Waals surface area contributed by atoms with Crippen molar-refractivity contribution in [2.45, 2.75) is 38.3 Å². The molecule has 0 saturated carbocycles. The van der Waals surface area contributed by atoms with Gasteiger partial charge >= 0.3 is 0 Å². The molecule has 0 amide bonds. The van der Waals surface area contributed by atoms with Gasteiger partial charge in [0.25, 0.3) is 0 Å². The first-order chi connectivity index (χ1) is 9.58. The van der Waals surface area contributed by atoms with Gasteiger partial charge in [0.1, 0.15) is 0 Å². The van der Waals surface area contributed by atoms with E-state index in [0.717, 1.165) is 25.1 Å². The number of likely N-dealkylation sites (tertiary alicyclic amines) is 1. The third kappa shape index (κ3) is 4.05. The van der Waals surface area contributed by atoms with Gasteiger partial charge in [0, 0.05) is 19.1 Å². The van der Waals surface area contributed by atoms with Crippen LogP contribution in [-0.2, 0) is 0 Å². The maximum Gasteiger partial charge on any atom is 0.0804 e. The first-order valence-corrected chi connectivity index (χ1v) is 7.70. The molecular formula is C17H28N2O. The van der Waals surface area contributed by atoms with Gasteiger partial charge in [0.05, 0.1) is 6.10 Å². The molecule has 1 aliphatic heterocycles. The van der Waals surface area contributed by atoms with Crippen LogP contribution >= 0.6 is 0 Å². The zero-order chi connectivity index (χ0) is 14.5. The van der Waals surface area contributed by atoms with Crippen LogP contribution in [0.2, 0.25) is 0 Å². The van der Waals surface area contributed by atoms with Crippen LogP contribution in [-0.4, -0.2) is 54.7 Å². The molecule has 0 aliphatic carbocycles. The summed E-state index contributed by atoms with van der Waals surface area (Å²) in [5, 5.41) is 10.4. The Labute approximate surface area is 123 Å². The Morgan fingerprint density at radius 3 is 2.80 bits per heavy atom. The molecule has 2 rings (SSSR count). The standard InChI is InChI=1S/C17H28N2O/c1-14-7-4-5-9-16(14)17(20)10-12-19-11-6-8-15(13-19)18(2)3/h4-5,7,9,15,17,20H,6,8,10-13H2,1-3H3. The van der Waals surface area contributed by atoms with Crippen LogP contribution in [0.1, 0.15) is 36.5 Å². The van der Waals surface area contributed by atoms with Crippen LogP contribution in [0, 0.1) is 6.92 Å². The van der Waals surface area contributed by atoms with Crippen molar-refractivity contribution in [1.82, 2.24) is 9.80 Å². The molecule has 3 nitrogen and oxygen atoms in total. The Bertz CT molecular complexity index is 419. The van der Waals surface area contributed by atoms with E-state index < -0.39 is 0 Å². The maximum atomic E-state index is 10.4. The average Bonchev–Trinajstić information content (AvgIpc) is 2.45. The summed E-state index contributed by atoms with van der Waals surface area (Å²) < 4.78 is 0. The first kappa shape index (κ1) is 15.5. The van der Waals surface area contributed by atoms with E-state index >= 15 is 0 Å². The van der Waals surface area contributed by atoms with Gasteiger partial charge in [-0.3, -0.25) is 0 Å². The normalized spacial score (nSPS) is 22.1. The SMILES string of the molecule is Cc1ccccc1C(O)CCN1CCCC(N(C)C)C1. The van der Waals surface area contributed by atoms with Crippen molar-refractivity contribution in [3.8, 4) is 0 Å². The molecular weight excluding hydrogens is 248 g/mol. The molecule has 1 N–H and O–H groups in total. The van der Waals surface area contributed by atoms with Gasteiger partial charge in [0.2, 0.25) is 0 Å². The lowest BCUT2D eigenvalue weighted by atomic mass is 10.00. The summed E-state index contributed by atoms with van der Waals surface area (Å²) in [6.45, 7) is 5.36. The van der Waals surface area contributed by atoms with Crippen molar-refractivity contribution in [2.24, 2.45) is 0 Å². The van der Waals surface area contributed by atoms with E-state index in [1.54, 1.807) is 0 Å². The predicted molar refractivity (Wildman–Crippen MR) is 83.9 cm³/mol. The van der Waals surface area contributed by atoms with Crippen LogP contribution in [0.25, 0.3) is 0 Å². The Morgan fingerprint density at radius 1 is 1.35 bits per heavy atom. The highest BCUT2D eigenvalue weighted by Crippen LogP contribution is 2.22. The molecule has 1 saturated heterocycles. The van der Waals surface area contributed by atoms with Gasteiger partial charge < -0.3 is 14.9 Å². The molecule has 20 heavy (non-hydrogen) atoms. The van der Waals surface area contributed by atoms with Crippen LogP contribution in [0.15, 0.2) is 24.3 Å². The second-order valence-corrected chi connectivity index (χ2v) is 6.22. The smallest absolute Gasteiger partial charge is 0.0804 e. The molecule has 0 spiro atoms. The van der Waals surface area contributed by atoms with E-state index in [9.17, 15) is 5.11 Å². The van der Waals surface area contributed by atoms with Gasteiger partial charge in [-0.1, -0.05) is 24.3 Å². The van der Waals surface area contributed by atoms with E-state index in [2.05, 4.69) is 36.9 Å². The van der Waals surface area contributed by atoms with Gasteiger partial charge in [-0.25, -0.2) is 0 Å². The van der Waals surface area contributed by atoms with Gasteiger partial charge in [-0.2, -0.15) is 0 Å². The van der Waals surface area contributed by atoms with Crippen LogP contribution in [0.5, 0.6) is 0 Å². The van der Waals surface area contributed by atoms with E-state index in [1.165, 1.54) is 24.9 Å². The summed E-state index contributed by atoms with van der Waals surface area (Å²) >= 11 is 0. The molecule has 0 bridgehead atoms. The van der Waals surface area contributed by atoms with Crippen molar-refractivity contribution in [3.05, 3.63) is 35.4 Å². The molecule has 1 fully saturated rings. The molecule has 0 aromatic heterocycles. The van der Waals surface area contributed by atoms with Crippen molar-refractivity contribution >= 4 is 0 Å². The molecule has 3 heteroatoms. The second kappa shape index (κ2) is 7.21. The number of benzene rings is 1. The van der Waals surface area contributed by atoms with Crippen molar-refractivity contribution in [3.63, 3.8) is 0 Å². The quantitative estimate of drug-likeness (QED) is 0.895. The first-order valence-electron chi connectivity index (χ1n) is 7.70. The number of nitrogens with zero attached hydrogens (tertiary/aromatic N) is 2. The van der Waals surface area contributed by atoms with Gasteiger partial charge in [0.15, 0.2) is 0 Å². The number of rotatable bonds is 5. The number of aryl methyl sites for hydroxylation is 1. The summed E-state index contributed by atoms with van der Waals surface area (Å²) in [4.78, 5) is 4.82. The van der Waals surface area contributed by atoms with E-state index in [-0.39, 0.29) is 6.10 Å². The topological polar surface area (TPSA) is 26.7 Å². The lowest BCUT2D eigenvalue weighted by Gasteiger charge is -2.36. The summed E-state index contributed by atoms with van der Waals surface area (Å²) in [6, 6.07) is 8.81. The van der Waals surface area contributed by atoms with E-state index in [0.29, 0.717) is 6.04 Å². The fourth-order valence-corrected chi connectivity index (χ4v) is 3.08. The fraction of sp³-hybridized carbons (Fsp3) is 0.647. The molecule has 1 aliphatic rings. The Hall–Kier alpha value is -0.900. The van der Waals surface area contributed by atoms with Crippen LogP contribution in [0.3, 0.4) is 0 Å². The van der Waals surface area contributed by atoms with Gasteiger partial charge in [-0.05, 0) is 58.0 Å². The highest BCUT2D eigenvalue weighted by molar-refractivity contribution is 5.27. The third-order valence-corrected chi connectivity index (χ3v) is 4.48. The van der Waals surface area contributed by atoms with Crippen LogP contribution < -0.4 is 0 Å². The summed E-state index contributed by atoms with van der Waals surface area (Å²) in [7, 11) is 4.33. The number of aliphatic hydroxyl groups excluding tert-OH is 1. The number of hydrogen-bond donors (Lipinski definition) is 1. The van der Waals surface area contributed by atoms with E-state index in [4.69, 9.17) is 0 Å². The number of hydrogen-bond acceptors (Lipinski definition) is 3. The monoisotopic (exact) mass is 276 g/mol.